The Balaban J connectivity index is 1.48. The van der Waals surface area contributed by atoms with E-state index in [9.17, 15) is 8.42 Å². The third kappa shape index (κ3) is 4.58. The second-order valence-electron chi connectivity index (χ2n) is 5.77. The van der Waals surface area contributed by atoms with Crippen molar-refractivity contribution in [3.05, 3.63) is 30.7 Å². The zero-order valence-corrected chi connectivity index (χ0v) is 15.3. The quantitative estimate of drug-likeness (QED) is 0.498. The summed E-state index contributed by atoms with van der Waals surface area (Å²) in [6.45, 7) is 3.28. The Bertz CT molecular complexity index is 795. The molecule has 0 radical (unpaired) electrons. The largest absolute Gasteiger partial charge is 0.364 e. The van der Waals surface area contributed by atoms with Gasteiger partial charge in [0.1, 0.15) is 24.7 Å². The van der Waals surface area contributed by atoms with E-state index in [-0.39, 0.29) is 5.75 Å². The van der Waals surface area contributed by atoms with E-state index in [4.69, 9.17) is 4.52 Å². The van der Waals surface area contributed by atoms with Gasteiger partial charge in [-0.25, -0.2) is 13.4 Å². The number of aliphatic imine (C=N–C) groups is 1. The normalized spacial score (nSPS) is 16.8. The third-order valence-corrected chi connectivity index (χ3v) is 5.87. The van der Waals surface area contributed by atoms with Gasteiger partial charge in [-0.1, -0.05) is 5.16 Å². The number of nitrogens with one attached hydrogen (secondary N) is 1. The first-order valence-electron chi connectivity index (χ1n) is 8.23. The van der Waals surface area contributed by atoms with Crippen molar-refractivity contribution < 1.29 is 12.9 Å². The van der Waals surface area contributed by atoms with Gasteiger partial charge in [0.05, 0.1) is 12.2 Å². The number of hydrogen-bond donors (Lipinski definition) is 1. The predicted octanol–water partition coefficient (Wildman–Crippen LogP) is -1.01. The molecule has 2 aromatic heterocycles. The summed E-state index contributed by atoms with van der Waals surface area (Å²) in [5.41, 5.74) is 0.415. The van der Waals surface area contributed by atoms with E-state index in [1.165, 1.54) is 16.9 Å². The maximum Gasteiger partial charge on any atom is 0.220 e. The lowest BCUT2D eigenvalue weighted by molar-refractivity contribution is 0.259. The number of piperazine rings is 1. The van der Waals surface area contributed by atoms with Gasteiger partial charge in [0.15, 0.2) is 5.96 Å². The smallest absolute Gasteiger partial charge is 0.220 e. The van der Waals surface area contributed by atoms with Gasteiger partial charge in [-0.2, -0.15) is 9.40 Å². The first-order chi connectivity index (χ1) is 12.6. The minimum Gasteiger partial charge on any atom is -0.364 e. The zero-order valence-electron chi connectivity index (χ0n) is 14.5. The average molecular weight is 382 g/mol. The molecule has 0 unspecified atom stereocenters. The predicted molar refractivity (Wildman–Crippen MR) is 93.7 cm³/mol. The molecule has 1 N–H and O–H groups in total. The standard InChI is InChI=1S/C14H22N8O3S/c1-15-14(17-3-4-21-12-16-11-18-21)20-5-7-22(8-6-20)26(23,24)10-13-2-9-25-19-13/h2,9,11-12H,3-8,10H2,1H3,(H,15,17). The Labute approximate surface area is 151 Å². The number of aromatic nitrogens is 4. The lowest BCUT2D eigenvalue weighted by atomic mass is 10.4. The number of guanidine groups is 1. The van der Waals surface area contributed by atoms with Crippen molar-refractivity contribution in [3.63, 3.8) is 0 Å². The van der Waals surface area contributed by atoms with Crippen LogP contribution in [0, 0.1) is 0 Å². The molecule has 3 rings (SSSR count). The molecule has 1 saturated heterocycles. The molecule has 0 atom stereocenters. The summed E-state index contributed by atoms with van der Waals surface area (Å²) in [7, 11) is -1.69. The summed E-state index contributed by atoms with van der Waals surface area (Å²) in [6.07, 6.45) is 4.52. The van der Waals surface area contributed by atoms with E-state index >= 15 is 0 Å². The van der Waals surface area contributed by atoms with Gasteiger partial charge in [-0.15, -0.1) is 0 Å². The van der Waals surface area contributed by atoms with E-state index in [2.05, 4.69) is 25.5 Å². The van der Waals surface area contributed by atoms with Crippen LogP contribution in [0.25, 0.3) is 0 Å². The monoisotopic (exact) mass is 382 g/mol. The molecule has 2 aromatic rings. The molecular weight excluding hydrogens is 360 g/mol. The van der Waals surface area contributed by atoms with Crippen LogP contribution in [0.2, 0.25) is 0 Å². The molecule has 11 nitrogen and oxygen atoms in total. The lowest BCUT2D eigenvalue weighted by Gasteiger charge is -2.35. The van der Waals surface area contributed by atoms with Crippen LogP contribution in [-0.2, 0) is 22.3 Å². The van der Waals surface area contributed by atoms with Crippen LogP contribution in [0.5, 0.6) is 0 Å². The fourth-order valence-electron chi connectivity index (χ4n) is 2.73. The topological polar surface area (TPSA) is 122 Å². The summed E-state index contributed by atoms with van der Waals surface area (Å²) in [5.74, 6) is 0.604. The maximum atomic E-state index is 12.5. The molecule has 1 aliphatic heterocycles. The Morgan fingerprint density at radius 1 is 1.35 bits per heavy atom. The molecule has 0 amide bonds. The van der Waals surface area contributed by atoms with Crippen LogP contribution in [0.1, 0.15) is 5.69 Å². The second kappa shape index (κ2) is 8.27. The SMILES string of the molecule is CN=C(NCCn1cncn1)N1CCN(S(=O)(=O)Cc2ccon2)CC1. The van der Waals surface area contributed by atoms with Crippen molar-refractivity contribution in [2.75, 3.05) is 39.8 Å². The van der Waals surface area contributed by atoms with Crippen molar-refractivity contribution in [2.24, 2.45) is 4.99 Å². The van der Waals surface area contributed by atoms with Crippen LogP contribution in [0.15, 0.2) is 34.5 Å². The first-order valence-corrected chi connectivity index (χ1v) is 9.84. The molecule has 0 aromatic carbocycles. The van der Waals surface area contributed by atoms with Crippen LogP contribution in [-0.4, -0.2) is 83.3 Å². The van der Waals surface area contributed by atoms with Crippen molar-refractivity contribution >= 4 is 16.0 Å². The summed E-state index contributed by atoms with van der Waals surface area (Å²) >= 11 is 0. The van der Waals surface area contributed by atoms with Gasteiger partial charge in [0.2, 0.25) is 10.0 Å². The van der Waals surface area contributed by atoms with Gasteiger partial charge in [0, 0.05) is 45.8 Å². The van der Waals surface area contributed by atoms with E-state index in [0.717, 1.165) is 5.96 Å². The fraction of sp³-hybridized carbons (Fsp3) is 0.571. The number of sulfonamides is 1. The highest BCUT2D eigenvalue weighted by Gasteiger charge is 2.28. The molecule has 0 spiro atoms. The van der Waals surface area contributed by atoms with Crippen molar-refractivity contribution in [1.82, 2.24) is 34.4 Å². The average Bonchev–Trinajstić information content (AvgIpc) is 3.33. The highest BCUT2D eigenvalue weighted by Crippen LogP contribution is 2.12. The minimum atomic E-state index is -3.40. The second-order valence-corrected chi connectivity index (χ2v) is 7.73. The Hall–Kier alpha value is -2.47. The first kappa shape index (κ1) is 18.3. The molecule has 1 aliphatic rings. The number of nitrogens with zero attached hydrogens (tertiary/aromatic N) is 7. The molecular formula is C14H22N8O3S. The van der Waals surface area contributed by atoms with E-state index in [1.54, 1.807) is 24.1 Å². The van der Waals surface area contributed by atoms with Crippen molar-refractivity contribution in [1.29, 1.82) is 0 Å². The third-order valence-electron chi connectivity index (χ3n) is 4.06. The molecule has 12 heteroatoms. The fourth-order valence-corrected chi connectivity index (χ4v) is 4.16. The summed E-state index contributed by atoms with van der Waals surface area (Å²) < 4.78 is 32.9. The Kier molecular flexibility index (Phi) is 5.83. The number of rotatable bonds is 6. The van der Waals surface area contributed by atoms with E-state index in [1.807, 2.05) is 4.90 Å². The minimum absolute atomic E-state index is 0.144. The Morgan fingerprint density at radius 3 is 2.77 bits per heavy atom. The molecule has 142 valence electrons. The molecule has 0 aliphatic carbocycles. The summed E-state index contributed by atoms with van der Waals surface area (Å²) in [5, 5.41) is 11.0. The molecule has 3 heterocycles. The van der Waals surface area contributed by atoms with Gasteiger partial charge < -0.3 is 14.7 Å². The van der Waals surface area contributed by atoms with Gasteiger partial charge in [-0.05, 0) is 0 Å². The van der Waals surface area contributed by atoms with E-state index < -0.39 is 10.0 Å². The molecule has 0 bridgehead atoms. The molecule has 1 fully saturated rings. The van der Waals surface area contributed by atoms with Crippen molar-refractivity contribution in [3.8, 4) is 0 Å². The van der Waals surface area contributed by atoms with Gasteiger partial charge in [0.25, 0.3) is 0 Å². The zero-order chi connectivity index (χ0) is 18.4. The van der Waals surface area contributed by atoms with Crippen molar-refractivity contribution in [2.45, 2.75) is 12.3 Å². The van der Waals surface area contributed by atoms with Crippen LogP contribution >= 0.6 is 0 Å². The van der Waals surface area contributed by atoms with Gasteiger partial charge in [-0.3, -0.25) is 9.67 Å². The highest BCUT2D eigenvalue weighted by atomic mass is 32.2. The lowest BCUT2D eigenvalue weighted by Crippen LogP contribution is -2.54. The number of hydrogen-bond acceptors (Lipinski definition) is 7. The maximum absolute atomic E-state index is 12.5. The van der Waals surface area contributed by atoms with Crippen LogP contribution in [0.4, 0.5) is 0 Å². The van der Waals surface area contributed by atoms with E-state index in [0.29, 0.717) is 45.0 Å². The highest BCUT2D eigenvalue weighted by molar-refractivity contribution is 7.88. The van der Waals surface area contributed by atoms with Crippen LogP contribution in [0.3, 0.4) is 0 Å². The summed E-state index contributed by atoms with van der Waals surface area (Å²) in [6, 6.07) is 1.56. The van der Waals surface area contributed by atoms with Gasteiger partial charge >= 0.3 is 0 Å². The molecule has 0 saturated carbocycles. The summed E-state index contributed by atoms with van der Waals surface area (Å²) in [4.78, 5) is 10.2. The molecule has 26 heavy (non-hydrogen) atoms. The van der Waals surface area contributed by atoms with Crippen LogP contribution < -0.4 is 5.32 Å². The Morgan fingerprint density at radius 2 is 2.15 bits per heavy atom.